The van der Waals surface area contributed by atoms with Crippen LogP contribution in [-0.2, 0) is 0 Å². The number of anilines is 3. The van der Waals surface area contributed by atoms with E-state index in [0.717, 1.165) is 33.8 Å². The molecule has 72 heavy (non-hydrogen) atoms. The third-order valence-electron chi connectivity index (χ3n) is 15.2. The summed E-state index contributed by atoms with van der Waals surface area (Å²) in [5.41, 5.74) is 12.5. The first-order chi connectivity index (χ1) is 35.7. The minimum atomic E-state index is -2.96. The highest BCUT2D eigenvalue weighted by atomic mass is 28.3. The van der Waals surface area contributed by atoms with Crippen LogP contribution in [0, 0.1) is 0 Å². The van der Waals surface area contributed by atoms with E-state index in [1.807, 2.05) is 18.5 Å². The molecule has 1 aliphatic heterocycles. The smallest absolute Gasteiger partial charge is 0.184 e. The van der Waals surface area contributed by atoms with Gasteiger partial charge in [-0.1, -0.05) is 170 Å². The van der Waals surface area contributed by atoms with Gasteiger partial charge in [0.2, 0.25) is 0 Å². The molecule has 0 aliphatic carbocycles. The Morgan fingerprint density at radius 1 is 0.361 bits per heavy atom. The number of pyridine rings is 2. The molecule has 0 fully saturated rings. The molecule has 10 aromatic carbocycles. The number of fused-ring (bicyclic) bond motifs is 11. The molecule has 1 aliphatic rings. The summed E-state index contributed by atoms with van der Waals surface area (Å²) in [6.07, 6.45) is 3.79. The zero-order valence-corrected chi connectivity index (χ0v) is 40.1. The molecule has 0 radical (unpaired) electrons. The van der Waals surface area contributed by atoms with E-state index in [9.17, 15) is 0 Å². The van der Waals surface area contributed by atoms with Gasteiger partial charge in [-0.2, -0.15) is 0 Å². The number of para-hydroxylation sites is 4. The predicted octanol–water partition coefficient (Wildman–Crippen LogP) is 13.8. The van der Waals surface area contributed by atoms with Gasteiger partial charge in [-0.25, -0.2) is 4.98 Å². The van der Waals surface area contributed by atoms with Crippen LogP contribution in [-0.4, -0.2) is 27.2 Å². The van der Waals surface area contributed by atoms with Crippen LogP contribution in [0.1, 0.15) is 0 Å². The molecule has 0 saturated carbocycles. The van der Waals surface area contributed by atoms with Crippen molar-refractivity contribution in [2.24, 2.45) is 0 Å². The predicted molar refractivity (Wildman–Crippen MR) is 303 cm³/mol. The number of aromatic nitrogens is 4. The Hall–Kier alpha value is -9.36. The van der Waals surface area contributed by atoms with Crippen molar-refractivity contribution in [1.29, 1.82) is 0 Å². The summed E-state index contributed by atoms with van der Waals surface area (Å²) in [5.74, 6) is 0.905. The highest BCUT2D eigenvalue weighted by Gasteiger charge is 2.49. The zero-order valence-electron chi connectivity index (χ0n) is 39.1. The van der Waals surface area contributed by atoms with Gasteiger partial charge in [0.25, 0.3) is 0 Å². The van der Waals surface area contributed by atoms with E-state index < -0.39 is 8.07 Å². The maximum absolute atomic E-state index is 5.35. The first-order valence-corrected chi connectivity index (χ1v) is 26.6. The van der Waals surface area contributed by atoms with Gasteiger partial charge >= 0.3 is 0 Å². The quantitative estimate of drug-likeness (QED) is 0.156. The van der Waals surface area contributed by atoms with Gasteiger partial charge in [0.05, 0.1) is 39.5 Å². The van der Waals surface area contributed by atoms with Crippen LogP contribution in [0.3, 0.4) is 0 Å². The van der Waals surface area contributed by atoms with Crippen LogP contribution < -0.4 is 25.6 Å². The van der Waals surface area contributed by atoms with E-state index in [1.54, 1.807) is 0 Å². The fraction of sp³-hybridized carbons (Fsp3) is 0. The normalized spacial score (nSPS) is 13.1. The van der Waals surface area contributed by atoms with E-state index in [-0.39, 0.29) is 0 Å². The summed E-state index contributed by atoms with van der Waals surface area (Å²) in [4.78, 5) is 12.3. The van der Waals surface area contributed by atoms with Crippen molar-refractivity contribution >= 4 is 111 Å². The highest BCUT2D eigenvalue weighted by molar-refractivity contribution is 7.21. The maximum atomic E-state index is 5.35. The Labute approximate surface area is 416 Å². The summed E-state index contributed by atoms with van der Waals surface area (Å²) in [6, 6.07) is 91.9. The second kappa shape index (κ2) is 15.8. The monoisotopic (exact) mass is 933 g/mol. The van der Waals surface area contributed by atoms with Crippen molar-refractivity contribution in [3.05, 3.63) is 261 Å². The Balaban J connectivity index is 0.934. The van der Waals surface area contributed by atoms with Gasteiger partial charge in [-0.15, -0.1) is 0 Å². The first kappa shape index (κ1) is 40.5. The van der Waals surface area contributed by atoms with Crippen LogP contribution in [0.2, 0.25) is 0 Å². The number of rotatable bonds is 6. The van der Waals surface area contributed by atoms with Gasteiger partial charge in [0.1, 0.15) is 5.82 Å². The summed E-state index contributed by atoms with van der Waals surface area (Å²) in [5, 5.41) is 13.8. The molecule has 4 aromatic heterocycles. The average Bonchev–Trinajstić information content (AvgIpc) is 3.98. The molecule has 0 N–H and O–H groups in total. The van der Waals surface area contributed by atoms with Gasteiger partial charge in [0, 0.05) is 55.6 Å². The van der Waals surface area contributed by atoms with Crippen LogP contribution in [0.4, 0.5) is 17.2 Å². The number of nitrogens with zero attached hydrogens (tertiary/aromatic N) is 5. The van der Waals surface area contributed by atoms with E-state index in [0.29, 0.717) is 0 Å². The van der Waals surface area contributed by atoms with Gasteiger partial charge < -0.3 is 9.13 Å². The molecule has 5 heterocycles. The summed E-state index contributed by atoms with van der Waals surface area (Å²) >= 11 is 0. The summed E-state index contributed by atoms with van der Waals surface area (Å²) in [6.45, 7) is 0. The lowest BCUT2D eigenvalue weighted by molar-refractivity contribution is 1.14. The minimum absolute atomic E-state index is 0.905. The summed E-state index contributed by atoms with van der Waals surface area (Å²) < 4.78 is 4.81. The Kier molecular flexibility index (Phi) is 8.91. The minimum Gasteiger partial charge on any atom is -0.309 e. The van der Waals surface area contributed by atoms with E-state index in [1.165, 1.54) is 91.9 Å². The van der Waals surface area contributed by atoms with Crippen molar-refractivity contribution in [2.75, 3.05) is 4.90 Å². The molecule has 0 atom stereocenters. The van der Waals surface area contributed by atoms with Gasteiger partial charge in [-0.05, 0) is 116 Å². The fourth-order valence-electron chi connectivity index (χ4n) is 12.2. The third-order valence-corrected chi connectivity index (χ3v) is 20.1. The average molecular weight is 934 g/mol. The number of hydrogen-bond donors (Lipinski definition) is 0. The molecular weight excluding hydrogens is 891 g/mol. The molecular formula is C66H43N5Si. The third kappa shape index (κ3) is 5.87. The molecule has 0 unspecified atom stereocenters. The Morgan fingerprint density at radius 3 is 1.81 bits per heavy atom. The molecule has 14 aromatic rings. The van der Waals surface area contributed by atoms with Crippen molar-refractivity contribution in [3.63, 3.8) is 0 Å². The second-order valence-electron chi connectivity index (χ2n) is 18.9. The topological polar surface area (TPSA) is 38.9 Å². The van der Waals surface area contributed by atoms with E-state index in [4.69, 9.17) is 4.98 Å². The maximum Gasteiger partial charge on any atom is 0.184 e. The lowest BCUT2D eigenvalue weighted by Gasteiger charge is -2.44. The molecule has 0 saturated heterocycles. The van der Waals surface area contributed by atoms with Crippen molar-refractivity contribution in [2.45, 2.75) is 0 Å². The molecule has 336 valence electrons. The molecule has 0 spiro atoms. The van der Waals surface area contributed by atoms with Crippen molar-refractivity contribution < 1.29 is 0 Å². The molecule has 0 amide bonds. The first-order valence-electron chi connectivity index (χ1n) is 24.6. The molecule has 0 bridgehead atoms. The number of benzene rings is 10. The molecule has 15 rings (SSSR count). The van der Waals surface area contributed by atoms with Gasteiger partial charge in [0.15, 0.2) is 8.07 Å². The summed E-state index contributed by atoms with van der Waals surface area (Å²) in [7, 11) is -2.96. The lowest BCUT2D eigenvalue weighted by Crippen LogP contribution is -2.77. The fourth-order valence-corrected chi connectivity index (χ4v) is 17.3. The SMILES string of the molecule is c1ccc([Si]2(c3ccccc3)c3ccccc3N(c3ccc4ccccc4n3)c3ccc(-c4ccc5c(c4)c4ccccc4n5-c4ccc5c(ccc6c7ccccc7n(-c7cccnc7)c56)c4)cc32)cc1. The van der Waals surface area contributed by atoms with Crippen LogP contribution in [0.5, 0.6) is 0 Å². The number of hydrogen-bond acceptors (Lipinski definition) is 3. The Morgan fingerprint density at radius 2 is 1.00 bits per heavy atom. The van der Waals surface area contributed by atoms with Crippen molar-refractivity contribution in [1.82, 2.24) is 19.1 Å². The zero-order chi connectivity index (χ0) is 47.3. The standard InChI is InChI=1S/C66H43N5Si/c1-3-18-50(19-4-1)72(51-20-5-2-6-21-51)63-28-14-13-27-61(63)71(65-38-32-44-16-7-10-24-57(44)68-65)62-37-31-46(42-64(62)72)45-30-36-60-56(41-45)54-23-9-11-25-58(54)69(60)48-33-35-52-47(40-48)29-34-55-53-22-8-12-26-59(53)70(66(52)55)49-17-15-39-67-43-49/h1-43H. The largest absolute Gasteiger partial charge is 0.309 e. The van der Waals surface area contributed by atoms with Gasteiger partial charge in [-0.3, -0.25) is 9.88 Å². The van der Waals surface area contributed by atoms with E-state index >= 15 is 0 Å². The van der Waals surface area contributed by atoms with Crippen LogP contribution >= 0.6 is 0 Å². The highest BCUT2D eigenvalue weighted by Crippen LogP contribution is 2.42. The van der Waals surface area contributed by atoms with Crippen molar-refractivity contribution in [3.8, 4) is 22.5 Å². The molecule has 6 heteroatoms. The second-order valence-corrected chi connectivity index (χ2v) is 22.7. The van der Waals surface area contributed by atoms with Crippen LogP contribution in [0.25, 0.3) is 87.8 Å². The van der Waals surface area contributed by atoms with E-state index in [2.05, 4.69) is 262 Å². The molecule has 5 nitrogen and oxygen atoms in total. The lowest BCUT2D eigenvalue weighted by atomic mass is 10.0. The Bertz CT molecular complexity index is 4430. The van der Waals surface area contributed by atoms with Crippen LogP contribution in [0.15, 0.2) is 261 Å².